The fourth-order valence-corrected chi connectivity index (χ4v) is 16.3. The maximum Gasteiger partial charge on any atom is 0.161 e. The summed E-state index contributed by atoms with van der Waals surface area (Å²) in [6.45, 7) is 0. The molecule has 6 heteroatoms. The Kier molecular flexibility index (Phi) is 11.1. The van der Waals surface area contributed by atoms with Crippen molar-refractivity contribution in [2.24, 2.45) is 0 Å². The largest absolute Gasteiger partial charge is 0.309 e. The molecule has 1 aliphatic rings. The number of benzene rings is 15. The molecule has 1 aliphatic carbocycles. The zero-order valence-corrected chi connectivity index (χ0v) is 51.9. The number of para-hydroxylation sites is 6. The first-order valence-electron chi connectivity index (χ1n) is 33.0. The molecule has 0 saturated heterocycles. The highest BCUT2D eigenvalue weighted by atomic mass is 15.0. The van der Waals surface area contributed by atoms with E-state index in [0.29, 0.717) is 5.82 Å². The van der Waals surface area contributed by atoms with E-state index in [-0.39, 0.29) is 0 Å². The Morgan fingerprint density at radius 2 is 0.562 bits per heavy atom. The Labute approximate surface area is 551 Å². The number of hydrogen-bond acceptors (Lipinski definition) is 2. The number of fused-ring (bicyclic) bond motifs is 16. The first-order chi connectivity index (χ1) is 47.6. The fourth-order valence-electron chi connectivity index (χ4n) is 16.3. The zero-order chi connectivity index (χ0) is 62.7. The van der Waals surface area contributed by atoms with Crippen molar-refractivity contribution in [3.8, 4) is 90.0 Å². The summed E-state index contributed by atoms with van der Waals surface area (Å²) < 4.78 is 9.63. The van der Waals surface area contributed by atoms with Gasteiger partial charge in [0.2, 0.25) is 0 Å². The maximum atomic E-state index is 5.74. The summed E-state index contributed by atoms with van der Waals surface area (Å²) in [5.74, 6) is 0.690. The van der Waals surface area contributed by atoms with Crippen LogP contribution in [0.1, 0.15) is 0 Å². The second-order valence-corrected chi connectivity index (χ2v) is 25.6. The van der Waals surface area contributed by atoms with Crippen LogP contribution < -0.4 is 0 Å². The number of nitrogens with zero attached hydrogens (tertiary/aromatic N) is 6. The highest BCUT2D eigenvalue weighted by Crippen LogP contribution is 2.51. The molecule has 0 atom stereocenters. The Balaban J connectivity index is 0.679. The van der Waals surface area contributed by atoms with Gasteiger partial charge < -0.3 is 18.3 Å². The third kappa shape index (κ3) is 7.63. The molecule has 0 spiro atoms. The third-order valence-corrected chi connectivity index (χ3v) is 20.5. The lowest BCUT2D eigenvalue weighted by Crippen LogP contribution is -2.00. The van der Waals surface area contributed by atoms with Crippen molar-refractivity contribution in [3.63, 3.8) is 0 Å². The molecule has 5 aromatic heterocycles. The summed E-state index contributed by atoms with van der Waals surface area (Å²) in [5.41, 5.74) is 25.9. The van der Waals surface area contributed by atoms with Gasteiger partial charge in [-0.05, 0) is 159 Å². The molecule has 96 heavy (non-hydrogen) atoms. The standard InChI is InChI=1S/C90H54N6/c1-3-21-61(22-4-1)93-77-34-11-7-25-66(77)73-51-57(41-47-82(73)93)58-43-49-84-75(53-58)68-27-9-13-36-79(68)95(84)63-45-39-56(40-46-63)88-87-71-32-15-19-55-20-16-33-72(86(55)71)89(87)92-90(91-88)70-31-17-30-65-64(70)29-18-38-81(65)96-80-37-14-10-28-69(80)76-54-60(44-50-85(76)96)59-42-48-83-74(52-59)67-26-8-12-35-78(67)94(83)62-23-5-2-6-24-62/h1-54H. The molecular formula is C90H54N6. The van der Waals surface area contributed by atoms with Gasteiger partial charge in [-0.2, -0.15) is 0 Å². The summed E-state index contributed by atoms with van der Waals surface area (Å²) in [7, 11) is 0. The molecule has 20 aromatic rings. The van der Waals surface area contributed by atoms with E-state index in [9.17, 15) is 0 Å². The average Bonchev–Trinajstić information content (AvgIpc) is 1.53. The van der Waals surface area contributed by atoms with Crippen LogP contribution in [-0.4, -0.2) is 28.2 Å². The van der Waals surface area contributed by atoms with Gasteiger partial charge in [-0.3, -0.25) is 0 Å². The molecule has 5 heterocycles. The van der Waals surface area contributed by atoms with Crippen LogP contribution in [0.2, 0.25) is 0 Å². The van der Waals surface area contributed by atoms with Crippen LogP contribution in [0.15, 0.2) is 328 Å². The maximum absolute atomic E-state index is 5.74. The van der Waals surface area contributed by atoms with Crippen molar-refractivity contribution < 1.29 is 0 Å². The highest BCUT2D eigenvalue weighted by molar-refractivity contribution is 6.19. The lowest BCUT2D eigenvalue weighted by molar-refractivity contribution is 1.17. The van der Waals surface area contributed by atoms with Gasteiger partial charge in [-0.25, -0.2) is 9.97 Å². The van der Waals surface area contributed by atoms with Gasteiger partial charge in [-0.15, -0.1) is 0 Å². The zero-order valence-electron chi connectivity index (χ0n) is 51.9. The van der Waals surface area contributed by atoms with Crippen molar-refractivity contribution in [1.82, 2.24) is 28.2 Å². The van der Waals surface area contributed by atoms with Gasteiger partial charge in [0.15, 0.2) is 5.82 Å². The van der Waals surface area contributed by atoms with Crippen molar-refractivity contribution >= 4 is 109 Å². The topological polar surface area (TPSA) is 45.5 Å². The van der Waals surface area contributed by atoms with Crippen molar-refractivity contribution in [2.75, 3.05) is 0 Å². The fraction of sp³-hybridized carbons (Fsp3) is 0. The van der Waals surface area contributed by atoms with Crippen molar-refractivity contribution in [2.45, 2.75) is 0 Å². The lowest BCUT2D eigenvalue weighted by Gasteiger charge is -2.16. The minimum atomic E-state index is 0.690. The van der Waals surface area contributed by atoms with Crippen LogP contribution in [0.25, 0.3) is 199 Å². The van der Waals surface area contributed by atoms with Gasteiger partial charge in [0.05, 0.1) is 61.2 Å². The SMILES string of the molecule is c1ccc(-n2c3ccccc3c3cc(-c4ccc5c(c4)c4ccccc4n5-c4ccc(-c5nc(-c6cccc7c(-n8c9ccccc9c9cc(-c%10ccc%11c(c%10)c%10ccccc%10n%11-c%10ccccc%10)ccc98)cccc67)nc6c5-c5cccc7cccc-6c57)cc4)ccc32)cc1. The summed E-state index contributed by atoms with van der Waals surface area (Å²) >= 11 is 0. The Morgan fingerprint density at radius 1 is 0.208 bits per heavy atom. The molecular weight excluding hydrogens is 1170 g/mol. The number of hydrogen-bond donors (Lipinski definition) is 0. The van der Waals surface area contributed by atoms with Crippen LogP contribution >= 0.6 is 0 Å². The van der Waals surface area contributed by atoms with E-state index in [1.165, 1.54) is 98.2 Å². The minimum absolute atomic E-state index is 0.690. The number of rotatable bonds is 8. The van der Waals surface area contributed by atoms with Crippen LogP contribution in [0.5, 0.6) is 0 Å². The Morgan fingerprint density at radius 3 is 1.06 bits per heavy atom. The Bertz CT molecular complexity index is 6680. The van der Waals surface area contributed by atoms with Crippen LogP contribution in [0.4, 0.5) is 0 Å². The first kappa shape index (κ1) is 52.7. The molecule has 0 N–H and O–H groups in total. The molecule has 0 saturated carbocycles. The normalized spacial score (nSPS) is 12.2. The molecule has 6 nitrogen and oxygen atoms in total. The van der Waals surface area contributed by atoms with Crippen LogP contribution in [0.3, 0.4) is 0 Å². The molecule has 15 aromatic carbocycles. The van der Waals surface area contributed by atoms with Gasteiger partial charge in [0.25, 0.3) is 0 Å². The van der Waals surface area contributed by atoms with E-state index in [4.69, 9.17) is 9.97 Å². The molecule has 0 fully saturated rings. The minimum Gasteiger partial charge on any atom is -0.309 e. The van der Waals surface area contributed by atoms with Gasteiger partial charge in [0, 0.05) is 87.8 Å². The second-order valence-electron chi connectivity index (χ2n) is 25.6. The molecule has 21 rings (SSSR count). The summed E-state index contributed by atoms with van der Waals surface area (Å²) in [6.07, 6.45) is 0. The first-order valence-corrected chi connectivity index (χ1v) is 33.0. The highest BCUT2D eigenvalue weighted by Gasteiger charge is 2.29. The Hall–Kier alpha value is -12.9. The van der Waals surface area contributed by atoms with E-state index < -0.39 is 0 Å². The van der Waals surface area contributed by atoms with Gasteiger partial charge in [0.1, 0.15) is 0 Å². The molecule has 0 amide bonds. The summed E-state index contributed by atoms with van der Waals surface area (Å²) in [5, 5.41) is 14.4. The summed E-state index contributed by atoms with van der Waals surface area (Å²) in [6, 6.07) is 120. The average molecular weight is 1220 g/mol. The predicted octanol–water partition coefficient (Wildman–Crippen LogP) is 23.5. The lowest BCUT2D eigenvalue weighted by atomic mass is 9.98. The van der Waals surface area contributed by atoms with Gasteiger partial charge in [-0.1, -0.05) is 212 Å². The van der Waals surface area contributed by atoms with Crippen molar-refractivity contribution in [3.05, 3.63) is 328 Å². The molecule has 0 radical (unpaired) electrons. The summed E-state index contributed by atoms with van der Waals surface area (Å²) in [4.78, 5) is 11.4. The molecule has 0 aliphatic heterocycles. The number of aromatic nitrogens is 6. The molecule has 444 valence electrons. The van der Waals surface area contributed by atoms with Crippen LogP contribution in [0, 0.1) is 0 Å². The van der Waals surface area contributed by atoms with E-state index in [1.54, 1.807) is 0 Å². The molecule has 0 unspecified atom stereocenters. The monoisotopic (exact) mass is 1220 g/mol. The van der Waals surface area contributed by atoms with Crippen LogP contribution in [-0.2, 0) is 0 Å². The quantitative estimate of drug-likeness (QED) is 0.152. The van der Waals surface area contributed by atoms with E-state index in [2.05, 4.69) is 346 Å². The van der Waals surface area contributed by atoms with Crippen molar-refractivity contribution in [1.29, 1.82) is 0 Å². The third-order valence-electron chi connectivity index (χ3n) is 20.5. The smallest absolute Gasteiger partial charge is 0.161 e. The van der Waals surface area contributed by atoms with E-state index >= 15 is 0 Å². The second kappa shape index (κ2) is 20.3. The van der Waals surface area contributed by atoms with E-state index in [1.807, 2.05) is 0 Å². The predicted molar refractivity (Wildman–Crippen MR) is 401 cm³/mol. The van der Waals surface area contributed by atoms with Gasteiger partial charge >= 0.3 is 0 Å². The molecule has 0 bridgehead atoms. The van der Waals surface area contributed by atoms with E-state index in [0.717, 1.165) is 94.8 Å².